The van der Waals surface area contributed by atoms with Gasteiger partial charge in [0.2, 0.25) is 6.41 Å². The van der Waals surface area contributed by atoms with Crippen molar-refractivity contribution in [3.05, 3.63) is 66.2 Å². The monoisotopic (exact) mass is 319 g/mol. The average Bonchev–Trinajstić information content (AvgIpc) is 3.21. The number of carbonyl (C=O) groups excluding carboxylic acids is 1. The van der Waals surface area contributed by atoms with Crippen molar-refractivity contribution in [2.24, 2.45) is 0 Å². The van der Waals surface area contributed by atoms with E-state index in [4.69, 9.17) is 4.74 Å². The number of amides is 1. The zero-order valence-electron chi connectivity index (χ0n) is 13.3. The van der Waals surface area contributed by atoms with Crippen LogP contribution in [0.2, 0.25) is 0 Å². The molecule has 0 saturated heterocycles. The van der Waals surface area contributed by atoms with Gasteiger partial charge in [0.05, 0.1) is 17.6 Å². The number of carbonyl (C=O) groups is 1. The molecule has 1 aliphatic heterocycles. The molecule has 2 aromatic heterocycles. The van der Waals surface area contributed by atoms with E-state index in [0.717, 1.165) is 40.3 Å². The van der Waals surface area contributed by atoms with Crippen LogP contribution in [-0.4, -0.2) is 15.8 Å². The number of anilines is 1. The Hall–Kier alpha value is -3.08. The summed E-state index contributed by atoms with van der Waals surface area (Å²) in [6.45, 7) is 1.98. The van der Waals surface area contributed by atoms with Crippen molar-refractivity contribution in [3.8, 4) is 11.3 Å². The average molecular weight is 319 g/mol. The van der Waals surface area contributed by atoms with Crippen LogP contribution in [0.25, 0.3) is 16.9 Å². The zero-order valence-corrected chi connectivity index (χ0v) is 13.3. The third kappa shape index (κ3) is 2.54. The van der Waals surface area contributed by atoms with Crippen LogP contribution in [0.5, 0.6) is 0 Å². The lowest BCUT2D eigenvalue weighted by molar-refractivity contribution is -0.105. The van der Waals surface area contributed by atoms with E-state index in [1.54, 1.807) is 0 Å². The van der Waals surface area contributed by atoms with Gasteiger partial charge in [0.1, 0.15) is 11.8 Å². The molecule has 1 atom stereocenters. The molecule has 0 radical (unpaired) electrons. The van der Waals surface area contributed by atoms with Gasteiger partial charge in [-0.15, -0.1) is 0 Å². The Morgan fingerprint density at radius 1 is 1.33 bits per heavy atom. The Labute approximate surface area is 139 Å². The smallest absolute Gasteiger partial charge is 0.211 e. The Balaban J connectivity index is 1.70. The van der Waals surface area contributed by atoms with E-state index in [-0.39, 0.29) is 6.10 Å². The summed E-state index contributed by atoms with van der Waals surface area (Å²) in [4.78, 5) is 15.1. The highest BCUT2D eigenvalue weighted by atomic mass is 16.5. The molecule has 4 rings (SSSR count). The summed E-state index contributed by atoms with van der Waals surface area (Å²) in [5, 5.41) is 2.68. The predicted molar refractivity (Wildman–Crippen MR) is 92.5 cm³/mol. The van der Waals surface area contributed by atoms with Crippen LogP contribution in [0.4, 0.5) is 5.69 Å². The van der Waals surface area contributed by atoms with Gasteiger partial charge in [-0.05, 0) is 42.8 Å². The molecule has 3 aromatic rings. The van der Waals surface area contributed by atoms with Crippen molar-refractivity contribution in [2.45, 2.75) is 19.4 Å². The van der Waals surface area contributed by atoms with Gasteiger partial charge in [0, 0.05) is 23.9 Å². The fourth-order valence-corrected chi connectivity index (χ4v) is 3.04. The number of rotatable bonds is 4. The maximum absolute atomic E-state index is 10.6. The van der Waals surface area contributed by atoms with E-state index in [0.29, 0.717) is 6.41 Å². The predicted octanol–water partition coefficient (Wildman–Crippen LogP) is 3.93. The van der Waals surface area contributed by atoms with Gasteiger partial charge in [0.25, 0.3) is 0 Å². The number of benzene rings is 1. The second-order valence-electron chi connectivity index (χ2n) is 5.83. The lowest BCUT2D eigenvalue weighted by atomic mass is 10.1. The Morgan fingerprint density at radius 2 is 2.25 bits per heavy atom. The molecule has 1 amide bonds. The molecule has 1 aromatic carbocycles. The normalized spacial score (nSPS) is 16.7. The first kappa shape index (κ1) is 14.5. The van der Waals surface area contributed by atoms with Crippen LogP contribution in [0.15, 0.2) is 60.6 Å². The lowest BCUT2D eigenvalue weighted by Crippen LogP contribution is -1.98. The zero-order chi connectivity index (χ0) is 16.5. The van der Waals surface area contributed by atoms with Gasteiger partial charge in [-0.3, -0.25) is 9.20 Å². The molecule has 0 aliphatic carbocycles. The van der Waals surface area contributed by atoms with Crippen molar-refractivity contribution >= 4 is 17.7 Å². The quantitative estimate of drug-likeness (QED) is 0.741. The van der Waals surface area contributed by atoms with Gasteiger partial charge >= 0.3 is 0 Å². The van der Waals surface area contributed by atoms with Crippen molar-refractivity contribution in [1.29, 1.82) is 0 Å². The summed E-state index contributed by atoms with van der Waals surface area (Å²) in [5.74, 6) is 0.975. The number of imidazole rings is 1. The van der Waals surface area contributed by atoms with E-state index in [1.165, 1.54) is 0 Å². The molecular formula is C19H17N3O2. The third-order valence-electron chi connectivity index (χ3n) is 4.24. The number of nitrogens with zero attached hydrogens (tertiary/aromatic N) is 2. The minimum absolute atomic E-state index is 0.0790. The van der Waals surface area contributed by atoms with Crippen LogP contribution in [-0.2, 0) is 9.53 Å². The first-order chi connectivity index (χ1) is 11.7. The number of fused-ring (bicyclic) bond motifs is 1. The third-order valence-corrected chi connectivity index (χ3v) is 4.24. The number of aromatic nitrogens is 2. The van der Waals surface area contributed by atoms with Crippen LogP contribution >= 0.6 is 0 Å². The number of ether oxygens (including phenoxy) is 1. The van der Waals surface area contributed by atoms with Crippen LogP contribution < -0.4 is 5.32 Å². The highest BCUT2D eigenvalue weighted by molar-refractivity contribution is 5.75. The van der Waals surface area contributed by atoms with Gasteiger partial charge in [-0.1, -0.05) is 12.1 Å². The van der Waals surface area contributed by atoms with E-state index < -0.39 is 0 Å². The molecule has 1 aliphatic rings. The Kier molecular flexibility index (Phi) is 3.54. The number of hydrogen-bond donors (Lipinski definition) is 1. The molecule has 0 spiro atoms. The molecule has 5 heteroatoms. The van der Waals surface area contributed by atoms with Gasteiger partial charge in [0.15, 0.2) is 0 Å². The summed E-state index contributed by atoms with van der Waals surface area (Å²) in [6, 6.07) is 11.8. The summed E-state index contributed by atoms with van der Waals surface area (Å²) in [5.41, 5.74) is 4.74. The number of pyridine rings is 1. The van der Waals surface area contributed by atoms with Crippen molar-refractivity contribution < 1.29 is 9.53 Å². The molecule has 120 valence electrons. The fourth-order valence-electron chi connectivity index (χ4n) is 3.04. The van der Waals surface area contributed by atoms with E-state index in [2.05, 4.69) is 28.5 Å². The first-order valence-electron chi connectivity index (χ1n) is 7.85. The maximum atomic E-state index is 10.6. The van der Waals surface area contributed by atoms with E-state index in [1.807, 2.05) is 48.0 Å². The molecule has 1 N–H and O–H groups in total. The number of hydrogen-bond acceptors (Lipinski definition) is 3. The largest absolute Gasteiger partial charge is 0.490 e. The summed E-state index contributed by atoms with van der Waals surface area (Å²) in [6.07, 6.45) is 7.63. The lowest BCUT2D eigenvalue weighted by Gasteiger charge is -2.12. The molecule has 1 unspecified atom stereocenters. The fraction of sp³-hybridized carbons (Fsp3) is 0.158. The van der Waals surface area contributed by atoms with Crippen molar-refractivity contribution in [2.75, 3.05) is 5.32 Å². The minimum Gasteiger partial charge on any atom is -0.490 e. The van der Waals surface area contributed by atoms with Gasteiger partial charge < -0.3 is 10.1 Å². The van der Waals surface area contributed by atoms with Crippen LogP contribution in [0.3, 0.4) is 0 Å². The van der Waals surface area contributed by atoms with Crippen LogP contribution in [0, 0.1) is 0 Å². The molecule has 0 bridgehead atoms. The molecule has 3 heterocycles. The van der Waals surface area contributed by atoms with Crippen molar-refractivity contribution in [3.63, 3.8) is 0 Å². The van der Waals surface area contributed by atoms with E-state index in [9.17, 15) is 4.79 Å². The van der Waals surface area contributed by atoms with Crippen LogP contribution in [0.1, 0.15) is 25.0 Å². The van der Waals surface area contributed by atoms with Gasteiger partial charge in [-0.25, -0.2) is 4.98 Å². The van der Waals surface area contributed by atoms with Crippen molar-refractivity contribution in [1.82, 2.24) is 9.38 Å². The molecule has 0 saturated carbocycles. The van der Waals surface area contributed by atoms with E-state index >= 15 is 0 Å². The topological polar surface area (TPSA) is 55.6 Å². The number of allylic oxidation sites excluding steroid dienone is 1. The SMILES string of the molecule is CC1=CCC(c2ccn3c(-c4cccc(NC=O)c4)cnc3c2)O1. The second-order valence-corrected chi connectivity index (χ2v) is 5.83. The molecule has 5 nitrogen and oxygen atoms in total. The summed E-state index contributed by atoms with van der Waals surface area (Å²) >= 11 is 0. The Bertz CT molecular complexity index is 943. The maximum Gasteiger partial charge on any atom is 0.211 e. The summed E-state index contributed by atoms with van der Waals surface area (Å²) < 4.78 is 7.85. The standard InChI is InChI=1S/C19H17N3O2/c1-13-5-6-18(24-13)15-7-8-22-17(11-20-19(22)10-15)14-3-2-4-16(9-14)21-12-23/h2-5,7-12,18H,6H2,1H3,(H,21,23). The number of nitrogens with one attached hydrogen (secondary N) is 1. The first-order valence-corrected chi connectivity index (χ1v) is 7.85. The highest BCUT2D eigenvalue weighted by Gasteiger charge is 2.18. The molecule has 0 fully saturated rings. The second kappa shape index (κ2) is 5.85. The summed E-state index contributed by atoms with van der Waals surface area (Å²) in [7, 11) is 0. The van der Waals surface area contributed by atoms with Gasteiger partial charge in [-0.2, -0.15) is 0 Å². The minimum atomic E-state index is 0.0790. The highest BCUT2D eigenvalue weighted by Crippen LogP contribution is 2.32. The Morgan fingerprint density at radius 3 is 3.04 bits per heavy atom. The molecular weight excluding hydrogens is 302 g/mol. The molecule has 24 heavy (non-hydrogen) atoms.